The summed E-state index contributed by atoms with van der Waals surface area (Å²) in [4.78, 5) is 0. The van der Waals surface area contributed by atoms with E-state index >= 15 is 0 Å². The zero-order chi connectivity index (χ0) is 40.8. The summed E-state index contributed by atoms with van der Waals surface area (Å²) < 4.78 is 0. The number of hydrogen-bond donors (Lipinski definition) is 1. The van der Waals surface area contributed by atoms with Gasteiger partial charge in [0.15, 0.2) is 0 Å². The molecule has 59 heavy (non-hydrogen) atoms. The van der Waals surface area contributed by atoms with E-state index < -0.39 is 5.41 Å². The Kier molecular flexibility index (Phi) is 11.4. The van der Waals surface area contributed by atoms with Gasteiger partial charge in [-0.25, -0.2) is 0 Å². The molecule has 1 nitrogen and oxygen atoms in total. The van der Waals surface area contributed by atoms with Crippen LogP contribution < -0.4 is 5.32 Å². The van der Waals surface area contributed by atoms with Gasteiger partial charge in [0.25, 0.3) is 0 Å². The third kappa shape index (κ3) is 7.37. The Morgan fingerprint density at radius 2 is 1.41 bits per heavy atom. The number of fused-ring (bicyclic) bond motifs is 6. The summed E-state index contributed by atoms with van der Waals surface area (Å²) >= 11 is 0. The molecule has 0 amide bonds. The molecule has 1 atom stereocenters. The molecule has 1 N–H and O–H groups in total. The van der Waals surface area contributed by atoms with Crippen molar-refractivity contribution in [2.75, 3.05) is 5.32 Å². The number of hydrogen-bond acceptors (Lipinski definition) is 1. The summed E-state index contributed by atoms with van der Waals surface area (Å²) in [5.41, 5.74) is 20.6. The van der Waals surface area contributed by atoms with Crippen molar-refractivity contribution in [3.8, 4) is 11.1 Å². The van der Waals surface area contributed by atoms with Gasteiger partial charge in [-0.2, -0.15) is 0 Å². The van der Waals surface area contributed by atoms with E-state index in [-0.39, 0.29) is 0 Å². The topological polar surface area (TPSA) is 12.0 Å². The van der Waals surface area contributed by atoms with E-state index in [2.05, 4.69) is 214 Å². The number of anilines is 1. The maximum absolute atomic E-state index is 4.47. The standard InChI is InChI=1S/C58H51N/c1-6-10-11-12-17-36-58(55(9-4)53(20-8-3)57-54-39-45-22-14-16-26-50(45)52(54)33-34-56(57)58)47-23-18-24-48(40-47)59-37-35-51-46(38-44-21-13-15-25-49(44)51)32-29-42-27-30-43(31-28-42)41(5)19-7-2/h6-37,40,59H,4-5,38-39H2,1-3H3/b10-6-,12-11-,19-7-,20-8-,32-29-,36-17+,37-35+. The first-order chi connectivity index (χ1) is 29.0. The van der Waals surface area contributed by atoms with Crippen molar-refractivity contribution in [2.24, 2.45) is 0 Å². The van der Waals surface area contributed by atoms with Crippen molar-refractivity contribution in [3.05, 3.63) is 269 Å². The van der Waals surface area contributed by atoms with E-state index in [4.69, 9.17) is 0 Å². The molecule has 0 fully saturated rings. The fourth-order valence-electron chi connectivity index (χ4n) is 9.11. The van der Waals surface area contributed by atoms with Gasteiger partial charge in [0, 0.05) is 11.9 Å². The lowest BCUT2D eigenvalue weighted by Crippen LogP contribution is -2.25. The first-order valence-corrected chi connectivity index (χ1v) is 20.7. The number of rotatable bonds is 13. The molecule has 0 spiro atoms. The molecule has 3 aliphatic rings. The zero-order valence-electron chi connectivity index (χ0n) is 34.4. The van der Waals surface area contributed by atoms with Gasteiger partial charge in [-0.1, -0.05) is 189 Å². The molecular weight excluding hydrogens is 711 g/mol. The molecule has 0 bridgehead atoms. The minimum Gasteiger partial charge on any atom is -0.362 e. The van der Waals surface area contributed by atoms with Crippen LogP contribution in [0.5, 0.6) is 0 Å². The van der Waals surface area contributed by atoms with E-state index in [1.54, 1.807) is 0 Å². The smallest absolute Gasteiger partial charge is 0.0647 e. The molecule has 1 unspecified atom stereocenters. The van der Waals surface area contributed by atoms with Gasteiger partial charge >= 0.3 is 0 Å². The van der Waals surface area contributed by atoms with E-state index in [0.717, 1.165) is 35.2 Å². The van der Waals surface area contributed by atoms with E-state index in [1.807, 2.05) is 26.0 Å². The van der Waals surface area contributed by atoms with Crippen LogP contribution >= 0.6 is 0 Å². The van der Waals surface area contributed by atoms with Crippen molar-refractivity contribution >= 4 is 28.5 Å². The van der Waals surface area contributed by atoms with Crippen LogP contribution in [0.1, 0.15) is 70.8 Å². The van der Waals surface area contributed by atoms with Gasteiger partial charge in [0.05, 0.1) is 5.41 Å². The minimum atomic E-state index is -0.555. The molecule has 1 heteroatoms. The molecule has 288 valence electrons. The average molecular weight is 762 g/mol. The summed E-state index contributed by atoms with van der Waals surface area (Å²) in [6.45, 7) is 14.8. The summed E-state index contributed by atoms with van der Waals surface area (Å²) in [5.74, 6) is 0. The van der Waals surface area contributed by atoms with Crippen molar-refractivity contribution in [1.82, 2.24) is 0 Å². The Labute approximate surface area is 351 Å². The largest absolute Gasteiger partial charge is 0.362 e. The monoisotopic (exact) mass is 761 g/mol. The van der Waals surface area contributed by atoms with E-state index in [9.17, 15) is 0 Å². The Morgan fingerprint density at radius 3 is 2.17 bits per heavy atom. The molecule has 5 aromatic rings. The summed E-state index contributed by atoms with van der Waals surface area (Å²) in [6.07, 6.45) is 34.1. The van der Waals surface area contributed by atoms with Gasteiger partial charge in [0.2, 0.25) is 0 Å². The van der Waals surface area contributed by atoms with Crippen molar-refractivity contribution < 1.29 is 0 Å². The molecule has 0 saturated heterocycles. The molecular formula is C58H51N. The minimum absolute atomic E-state index is 0.555. The molecule has 0 heterocycles. The maximum atomic E-state index is 4.47. The highest BCUT2D eigenvalue weighted by atomic mass is 14.8. The van der Waals surface area contributed by atoms with E-state index in [1.165, 1.54) is 72.4 Å². The summed E-state index contributed by atoms with van der Waals surface area (Å²) in [7, 11) is 0. The number of nitrogens with one attached hydrogen (secondary N) is 1. The predicted molar refractivity (Wildman–Crippen MR) is 256 cm³/mol. The Hall–Kier alpha value is -6.96. The van der Waals surface area contributed by atoms with Gasteiger partial charge in [-0.3, -0.25) is 0 Å². The highest BCUT2D eigenvalue weighted by molar-refractivity contribution is 5.96. The van der Waals surface area contributed by atoms with Crippen molar-refractivity contribution in [3.63, 3.8) is 0 Å². The van der Waals surface area contributed by atoms with Crippen LogP contribution in [-0.2, 0) is 18.3 Å². The van der Waals surface area contributed by atoms with Crippen LogP contribution in [0.3, 0.4) is 0 Å². The van der Waals surface area contributed by atoms with Crippen LogP contribution in [0.25, 0.3) is 33.9 Å². The normalized spacial score (nSPS) is 17.2. The van der Waals surface area contributed by atoms with Crippen molar-refractivity contribution in [1.29, 1.82) is 0 Å². The highest BCUT2D eigenvalue weighted by Crippen LogP contribution is 2.56. The molecule has 5 aromatic carbocycles. The SMILES string of the molecule is C=CC1=C(/C=C\C)c2c(ccc3c2Cc2ccccc2-3)C1(/C=C/C=C\C=C/C)c1cccc(N/C=C/C2=C(/C=C\c3ccc(C(=C)/C=C\C)cc3)Cc3ccccc32)c1. The van der Waals surface area contributed by atoms with Gasteiger partial charge in [-0.15, -0.1) is 0 Å². The molecule has 0 saturated carbocycles. The lowest BCUT2D eigenvalue weighted by molar-refractivity contribution is 0.796. The Bertz CT molecular complexity index is 2730. The second-order valence-electron chi connectivity index (χ2n) is 15.3. The van der Waals surface area contributed by atoms with E-state index in [0.29, 0.717) is 0 Å². The maximum Gasteiger partial charge on any atom is 0.0647 e. The lowest BCUT2D eigenvalue weighted by Gasteiger charge is -2.31. The average Bonchev–Trinajstić information content (AvgIpc) is 3.91. The predicted octanol–water partition coefficient (Wildman–Crippen LogP) is 15.0. The van der Waals surface area contributed by atoms with Crippen LogP contribution in [0.2, 0.25) is 0 Å². The highest BCUT2D eigenvalue weighted by Gasteiger charge is 2.45. The fraction of sp³-hybridized carbons (Fsp3) is 0.103. The van der Waals surface area contributed by atoms with Gasteiger partial charge in [0.1, 0.15) is 0 Å². The third-order valence-corrected chi connectivity index (χ3v) is 11.8. The molecule has 8 rings (SSSR count). The number of allylic oxidation sites excluding steroid dienone is 18. The molecule has 0 aromatic heterocycles. The summed E-state index contributed by atoms with van der Waals surface area (Å²) in [6, 6.07) is 39.8. The molecule has 0 aliphatic heterocycles. The number of benzene rings is 5. The second kappa shape index (κ2) is 17.3. The fourth-order valence-corrected chi connectivity index (χ4v) is 9.11. The van der Waals surface area contributed by atoms with Gasteiger partial charge < -0.3 is 5.32 Å². The third-order valence-electron chi connectivity index (χ3n) is 11.8. The summed E-state index contributed by atoms with van der Waals surface area (Å²) in [5, 5.41) is 3.68. The van der Waals surface area contributed by atoms with Crippen molar-refractivity contribution in [2.45, 2.75) is 39.0 Å². The lowest BCUT2D eigenvalue weighted by atomic mass is 9.70. The quantitative estimate of drug-likeness (QED) is 0.116. The zero-order valence-corrected chi connectivity index (χ0v) is 34.4. The first-order valence-electron chi connectivity index (χ1n) is 20.7. The Balaban J connectivity index is 1.17. The second-order valence-corrected chi connectivity index (χ2v) is 15.3. The Morgan fingerprint density at radius 1 is 0.644 bits per heavy atom. The van der Waals surface area contributed by atoms with Crippen LogP contribution in [-0.4, -0.2) is 0 Å². The van der Waals surface area contributed by atoms with Crippen LogP contribution in [0.15, 0.2) is 219 Å². The van der Waals surface area contributed by atoms with Gasteiger partial charge in [-0.05, 0) is 141 Å². The molecule has 0 radical (unpaired) electrons. The van der Waals surface area contributed by atoms with Crippen LogP contribution in [0, 0.1) is 0 Å². The first kappa shape index (κ1) is 38.9. The van der Waals surface area contributed by atoms with Crippen LogP contribution in [0.4, 0.5) is 5.69 Å². The molecule has 3 aliphatic carbocycles.